The van der Waals surface area contributed by atoms with Crippen LogP contribution >= 0.6 is 0 Å². The molecule has 0 saturated heterocycles. The minimum absolute atomic E-state index is 0.289. The zero-order valence-electron chi connectivity index (χ0n) is 12.8. The van der Waals surface area contributed by atoms with E-state index >= 15 is 0 Å². The van der Waals surface area contributed by atoms with Gasteiger partial charge < -0.3 is 10.1 Å². The average molecular weight is 322 g/mol. The van der Waals surface area contributed by atoms with Gasteiger partial charge >= 0.3 is 5.97 Å². The number of carbonyl (C=O) groups is 2. The molecule has 3 rings (SSSR count). The number of anilines is 1. The molecule has 1 amide bonds. The Kier molecular flexibility index (Phi) is 4.33. The molecule has 0 aliphatic heterocycles. The van der Waals surface area contributed by atoms with E-state index in [1.54, 1.807) is 48.5 Å². The fourth-order valence-electron chi connectivity index (χ4n) is 2.16. The SMILES string of the molecule is COC(=O)c1ccc(C=CC(=O)Nc2cccc3n[nH]nc23)cc1. The highest BCUT2D eigenvalue weighted by atomic mass is 16.5. The van der Waals surface area contributed by atoms with Crippen molar-refractivity contribution in [1.29, 1.82) is 0 Å². The van der Waals surface area contributed by atoms with Crippen LogP contribution < -0.4 is 5.32 Å². The van der Waals surface area contributed by atoms with Gasteiger partial charge in [-0.1, -0.05) is 18.2 Å². The maximum atomic E-state index is 12.0. The fraction of sp³-hybridized carbons (Fsp3) is 0.0588. The van der Waals surface area contributed by atoms with Crippen molar-refractivity contribution in [3.63, 3.8) is 0 Å². The summed E-state index contributed by atoms with van der Waals surface area (Å²) in [5.41, 5.74) is 3.10. The van der Waals surface area contributed by atoms with Crippen molar-refractivity contribution in [3.8, 4) is 0 Å². The van der Waals surface area contributed by atoms with Gasteiger partial charge in [0.2, 0.25) is 5.91 Å². The van der Waals surface area contributed by atoms with Crippen molar-refractivity contribution >= 4 is 34.7 Å². The third-order valence-electron chi connectivity index (χ3n) is 3.36. The maximum Gasteiger partial charge on any atom is 0.337 e. The molecule has 0 atom stereocenters. The van der Waals surface area contributed by atoms with E-state index in [9.17, 15) is 9.59 Å². The van der Waals surface area contributed by atoms with E-state index in [1.807, 2.05) is 0 Å². The van der Waals surface area contributed by atoms with Gasteiger partial charge in [-0.2, -0.15) is 15.4 Å². The summed E-state index contributed by atoms with van der Waals surface area (Å²) in [7, 11) is 1.33. The second kappa shape index (κ2) is 6.74. The molecule has 7 nitrogen and oxygen atoms in total. The molecular weight excluding hydrogens is 308 g/mol. The molecule has 0 saturated carbocycles. The van der Waals surface area contributed by atoms with Gasteiger partial charge in [0.15, 0.2) is 0 Å². The molecule has 2 aromatic carbocycles. The Bertz CT molecular complexity index is 913. The minimum atomic E-state index is -0.399. The molecule has 0 radical (unpaired) electrons. The molecular formula is C17H14N4O3. The Labute approximate surface area is 137 Å². The summed E-state index contributed by atoms with van der Waals surface area (Å²) in [6, 6.07) is 12.1. The number of rotatable bonds is 4. The molecule has 120 valence electrons. The summed E-state index contributed by atoms with van der Waals surface area (Å²) in [4.78, 5) is 23.4. The first kappa shape index (κ1) is 15.4. The van der Waals surface area contributed by atoms with Crippen LogP contribution in [-0.2, 0) is 9.53 Å². The number of hydrogen-bond donors (Lipinski definition) is 2. The van der Waals surface area contributed by atoms with Crippen molar-refractivity contribution in [3.05, 3.63) is 59.7 Å². The molecule has 7 heteroatoms. The molecule has 2 N–H and O–H groups in total. The Balaban J connectivity index is 1.69. The summed E-state index contributed by atoms with van der Waals surface area (Å²) in [5.74, 6) is -0.688. The number of methoxy groups -OCH3 is 1. The van der Waals surface area contributed by atoms with Crippen molar-refractivity contribution in [2.45, 2.75) is 0 Å². The van der Waals surface area contributed by atoms with Crippen LogP contribution in [0.5, 0.6) is 0 Å². The Morgan fingerprint density at radius 3 is 2.67 bits per heavy atom. The van der Waals surface area contributed by atoms with Crippen LogP contribution in [0.4, 0.5) is 5.69 Å². The molecule has 1 heterocycles. The van der Waals surface area contributed by atoms with Gasteiger partial charge in [-0.05, 0) is 35.9 Å². The van der Waals surface area contributed by atoms with E-state index in [4.69, 9.17) is 0 Å². The van der Waals surface area contributed by atoms with Gasteiger partial charge in [-0.25, -0.2) is 4.79 Å². The number of ether oxygens (including phenoxy) is 1. The van der Waals surface area contributed by atoms with E-state index in [0.29, 0.717) is 22.3 Å². The standard InChI is InChI=1S/C17H14N4O3/c1-24-17(23)12-8-5-11(6-9-12)7-10-15(22)18-13-3-2-4-14-16(13)20-21-19-14/h2-10H,1H3,(H,18,22)(H,19,20,21). The van der Waals surface area contributed by atoms with Crippen molar-refractivity contribution < 1.29 is 14.3 Å². The minimum Gasteiger partial charge on any atom is -0.465 e. The van der Waals surface area contributed by atoms with Crippen molar-refractivity contribution in [2.75, 3.05) is 12.4 Å². The molecule has 0 aliphatic carbocycles. The predicted molar refractivity (Wildman–Crippen MR) is 89.3 cm³/mol. The average Bonchev–Trinajstić information content (AvgIpc) is 3.09. The number of aromatic amines is 1. The monoisotopic (exact) mass is 322 g/mol. The highest BCUT2D eigenvalue weighted by Crippen LogP contribution is 2.18. The lowest BCUT2D eigenvalue weighted by Gasteiger charge is -2.02. The zero-order chi connectivity index (χ0) is 16.9. The number of aromatic nitrogens is 3. The Morgan fingerprint density at radius 1 is 1.12 bits per heavy atom. The number of hydrogen-bond acceptors (Lipinski definition) is 5. The van der Waals surface area contributed by atoms with Crippen LogP contribution in [0.15, 0.2) is 48.5 Å². The van der Waals surface area contributed by atoms with Gasteiger partial charge in [-0.15, -0.1) is 0 Å². The number of benzene rings is 2. The zero-order valence-corrected chi connectivity index (χ0v) is 12.8. The number of carbonyl (C=O) groups excluding carboxylic acids is 2. The van der Waals surface area contributed by atoms with E-state index in [-0.39, 0.29) is 5.91 Å². The predicted octanol–water partition coefficient (Wildman–Crippen LogP) is 2.40. The first-order valence-electron chi connectivity index (χ1n) is 7.14. The molecule has 0 unspecified atom stereocenters. The Hall–Kier alpha value is -3.48. The van der Waals surface area contributed by atoms with E-state index in [1.165, 1.54) is 13.2 Å². The topological polar surface area (TPSA) is 97.0 Å². The largest absolute Gasteiger partial charge is 0.465 e. The number of amides is 1. The molecule has 24 heavy (non-hydrogen) atoms. The van der Waals surface area contributed by atoms with Crippen LogP contribution in [-0.4, -0.2) is 34.4 Å². The third kappa shape index (κ3) is 3.30. The number of para-hydroxylation sites is 1. The number of nitrogens with zero attached hydrogens (tertiary/aromatic N) is 2. The molecule has 1 aromatic heterocycles. The van der Waals surface area contributed by atoms with E-state index in [2.05, 4.69) is 25.5 Å². The smallest absolute Gasteiger partial charge is 0.337 e. The van der Waals surface area contributed by atoms with Gasteiger partial charge in [-0.3, -0.25) is 4.79 Å². The highest BCUT2D eigenvalue weighted by molar-refractivity contribution is 6.06. The van der Waals surface area contributed by atoms with Crippen molar-refractivity contribution in [2.24, 2.45) is 0 Å². The van der Waals surface area contributed by atoms with Crippen LogP contribution in [0.1, 0.15) is 15.9 Å². The van der Waals surface area contributed by atoms with Gasteiger partial charge in [0.1, 0.15) is 11.0 Å². The van der Waals surface area contributed by atoms with Gasteiger partial charge in [0, 0.05) is 6.08 Å². The summed E-state index contributed by atoms with van der Waals surface area (Å²) in [6.45, 7) is 0. The lowest BCUT2D eigenvalue weighted by molar-refractivity contribution is -0.111. The molecule has 0 aliphatic rings. The van der Waals surface area contributed by atoms with Crippen LogP contribution in [0.3, 0.4) is 0 Å². The fourth-order valence-corrected chi connectivity index (χ4v) is 2.16. The quantitative estimate of drug-likeness (QED) is 0.568. The van der Waals surface area contributed by atoms with Gasteiger partial charge in [0.25, 0.3) is 0 Å². The maximum absolute atomic E-state index is 12.0. The summed E-state index contributed by atoms with van der Waals surface area (Å²) in [5, 5.41) is 13.3. The second-order valence-corrected chi connectivity index (χ2v) is 4.93. The normalized spacial score (nSPS) is 10.9. The summed E-state index contributed by atoms with van der Waals surface area (Å²) in [6.07, 6.45) is 3.06. The summed E-state index contributed by atoms with van der Waals surface area (Å²) >= 11 is 0. The van der Waals surface area contributed by atoms with Crippen LogP contribution in [0.25, 0.3) is 17.1 Å². The van der Waals surface area contributed by atoms with E-state index in [0.717, 1.165) is 5.56 Å². The first-order chi connectivity index (χ1) is 11.7. The number of nitrogens with one attached hydrogen (secondary N) is 2. The number of esters is 1. The van der Waals surface area contributed by atoms with Crippen LogP contribution in [0.2, 0.25) is 0 Å². The third-order valence-corrected chi connectivity index (χ3v) is 3.36. The van der Waals surface area contributed by atoms with E-state index < -0.39 is 5.97 Å². The Morgan fingerprint density at radius 2 is 1.92 bits per heavy atom. The molecule has 3 aromatic rings. The lowest BCUT2D eigenvalue weighted by atomic mass is 10.1. The number of H-pyrrole nitrogens is 1. The second-order valence-electron chi connectivity index (χ2n) is 4.93. The molecule has 0 bridgehead atoms. The molecule has 0 fully saturated rings. The van der Waals surface area contributed by atoms with Crippen molar-refractivity contribution in [1.82, 2.24) is 15.4 Å². The molecule has 0 spiro atoms. The highest BCUT2D eigenvalue weighted by Gasteiger charge is 2.06. The summed E-state index contributed by atoms with van der Waals surface area (Å²) < 4.78 is 4.63. The first-order valence-corrected chi connectivity index (χ1v) is 7.14. The van der Waals surface area contributed by atoms with Gasteiger partial charge in [0.05, 0.1) is 18.4 Å². The van der Waals surface area contributed by atoms with Crippen LogP contribution in [0, 0.1) is 0 Å². The lowest BCUT2D eigenvalue weighted by Crippen LogP contribution is -2.08. The number of fused-ring (bicyclic) bond motifs is 1.